The largest absolute Gasteiger partial charge is 0.389 e. The first kappa shape index (κ1) is 14.7. The lowest BCUT2D eigenvalue weighted by Gasteiger charge is -2.37. The van der Waals surface area contributed by atoms with E-state index in [1.807, 2.05) is 19.9 Å². The summed E-state index contributed by atoms with van der Waals surface area (Å²) in [5, 5.41) is 10.6. The van der Waals surface area contributed by atoms with Gasteiger partial charge in [-0.3, -0.25) is 14.8 Å². The Morgan fingerprint density at radius 1 is 1.26 bits per heavy atom. The second kappa shape index (κ2) is 6.18. The minimum Gasteiger partial charge on any atom is -0.389 e. The molecule has 0 unspecified atom stereocenters. The molecule has 2 rings (SSSR count). The van der Waals surface area contributed by atoms with Gasteiger partial charge in [-0.25, -0.2) is 0 Å². The van der Waals surface area contributed by atoms with E-state index >= 15 is 0 Å². The summed E-state index contributed by atoms with van der Waals surface area (Å²) in [6.45, 7) is 9.32. The summed E-state index contributed by atoms with van der Waals surface area (Å²) in [5.41, 5.74) is 0.518. The molecule has 1 aliphatic rings. The molecule has 1 aliphatic heterocycles. The molecule has 0 aromatic carbocycles. The lowest BCUT2D eigenvalue weighted by Crippen LogP contribution is -2.50. The first-order valence-electron chi connectivity index (χ1n) is 6.69. The Kier molecular flexibility index (Phi) is 4.79. The number of piperazine rings is 1. The molecule has 0 amide bonds. The standard InChI is InChI=1S/C14H22ClN3O/c1-14(2,19)11-18-7-5-17(6-8-18)10-12-3-4-16-9-13(12)15/h3-4,9,19H,5-8,10-11H2,1-2H3. The fourth-order valence-corrected chi connectivity index (χ4v) is 2.60. The number of rotatable bonds is 4. The highest BCUT2D eigenvalue weighted by Crippen LogP contribution is 2.17. The van der Waals surface area contributed by atoms with Crippen molar-refractivity contribution in [1.29, 1.82) is 0 Å². The average Bonchev–Trinajstić information content (AvgIpc) is 2.33. The maximum atomic E-state index is 9.83. The van der Waals surface area contributed by atoms with Crippen molar-refractivity contribution in [1.82, 2.24) is 14.8 Å². The third-order valence-corrected chi connectivity index (χ3v) is 3.67. The van der Waals surface area contributed by atoms with E-state index < -0.39 is 5.60 Å². The Labute approximate surface area is 120 Å². The average molecular weight is 284 g/mol. The monoisotopic (exact) mass is 283 g/mol. The number of aliphatic hydroxyl groups is 1. The molecule has 0 atom stereocenters. The molecule has 106 valence electrons. The van der Waals surface area contributed by atoms with Crippen LogP contribution in [0.25, 0.3) is 0 Å². The number of nitrogens with zero attached hydrogens (tertiary/aromatic N) is 3. The van der Waals surface area contributed by atoms with E-state index in [4.69, 9.17) is 11.6 Å². The van der Waals surface area contributed by atoms with Gasteiger partial charge < -0.3 is 5.11 Å². The first-order chi connectivity index (χ1) is 8.94. The molecule has 19 heavy (non-hydrogen) atoms. The lowest BCUT2D eigenvalue weighted by atomic mass is 10.1. The van der Waals surface area contributed by atoms with Crippen LogP contribution in [0.5, 0.6) is 0 Å². The fourth-order valence-electron chi connectivity index (χ4n) is 2.43. The van der Waals surface area contributed by atoms with Crippen molar-refractivity contribution in [2.45, 2.75) is 26.0 Å². The molecule has 5 heteroatoms. The lowest BCUT2D eigenvalue weighted by molar-refractivity contribution is 0.0167. The van der Waals surface area contributed by atoms with E-state index in [-0.39, 0.29) is 0 Å². The zero-order valence-corrected chi connectivity index (χ0v) is 12.4. The number of halogens is 1. The highest BCUT2D eigenvalue weighted by Gasteiger charge is 2.22. The zero-order chi connectivity index (χ0) is 13.9. The Balaban J connectivity index is 1.82. The highest BCUT2D eigenvalue weighted by molar-refractivity contribution is 6.31. The van der Waals surface area contributed by atoms with Crippen LogP contribution in [0.2, 0.25) is 5.02 Å². The third kappa shape index (κ3) is 4.73. The van der Waals surface area contributed by atoms with Gasteiger partial charge in [-0.15, -0.1) is 0 Å². The van der Waals surface area contributed by atoms with Crippen LogP contribution in [-0.4, -0.2) is 58.2 Å². The molecular weight excluding hydrogens is 262 g/mol. The van der Waals surface area contributed by atoms with Crippen LogP contribution in [0.3, 0.4) is 0 Å². The van der Waals surface area contributed by atoms with Crippen molar-refractivity contribution in [3.8, 4) is 0 Å². The van der Waals surface area contributed by atoms with E-state index in [1.54, 1.807) is 12.4 Å². The van der Waals surface area contributed by atoms with Crippen LogP contribution in [0, 0.1) is 0 Å². The maximum absolute atomic E-state index is 9.83. The predicted molar refractivity (Wildman–Crippen MR) is 77.3 cm³/mol. The molecular formula is C14H22ClN3O. The van der Waals surface area contributed by atoms with E-state index in [9.17, 15) is 5.11 Å². The molecule has 1 N–H and O–H groups in total. The summed E-state index contributed by atoms with van der Waals surface area (Å²) in [7, 11) is 0. The topological polar surface area (TPSA) is 39.6 Å². The van der Waals surface area contributed by atoms with Crippen molar-refractivity contribution in [3.63, 3.8) is 0 Å². The van der Waals surface area contributed by atoms with Gasteiger partial charge in [-0.1, -0.05) is 11.6 Å². The van der Waals surface area contributed by atoms with Crippen molar-refractivity contribution in [2.75, 3.05) is 32.7 Å². The highest BCUT2D eigenvalue weighted by atomic mass is 35.5. The van der Waals surface area contributed by atoms with E-state index in [2.05, 4.69) is 14.8 Å². The quantitative estimate of drug-likeness (QED) is 0.912. The van der Waals surface area contributed by atoms with Gasteiger partial charge in [0.15, 0.2) is 0 Å². The van der Waals surface area contributed by atoms with Crippen molar-refractivity contribution < 1.29 is 5.11 Å². The van der Waals surface area contributed by atoms with Gasteiger partial charge in [-0.2, -0.15) is 0 Å². The maximum Gasteiger partial charge on any atom is 0.0718 e. The Hall–Kier alpha value is -0.680. The van der Waals surface area contributed by atoms with Crippen molar-refractivity contribution >= 4 is 11.6 Å². The van der Waals surface area contributed by atoms with Crippen LogP contribution in [0.1, 0.15) is 19.4 Å². The molecule has 0 bridgehead atoms. The van der Waals surface area contributed by atoms with E-state index in [0.29, 0.717) is 0 Å². The van der Waals surface area contributed by atoms with Crippen LogP contribution in [-0.2, 0) is 6.54 Å². The summed E-state index contributed by atoms with van der Waals surface area (Å²) in [6.07, 6.45) is 3.48. The number of aromatic nitrogens is 1. The van der Waals surface area contributed by atoms with Crippen LogP contribution < -0.4 is 0 Å². The summed E-state index contributed by atoms with van der Waals surface area (Å²) in [4.78, 5) is 8.71. The van der Waals surface area contributed by atoms with Crippen LogP contribution in [0.15, 0.2) is 18.5 Å². The third-order valence-electron chi connectivity index (χ3n) is 3.33. The Bertz CT molecular complexity index is 411. The summed E-state index contributed by atoms with van der Waals surface area (Å²) >= 11 is 6.13. The number of β-amino-alcohol motifs (C(OH)–C–C–N with tert-alkyl or cyclic N) is 1. The molecule has 0 saturated carbocycles. The summed E-state index contributed by atoms with van der Waals surface area (Å²) in [6, 6.07) is 1.98. The van der Waals surface area contributed by atoms with Crippen LogP contribution >= 0.6 is 11.6 Å². The van der Waals surface area contributed by atoms with E-state index in [0.717, 1.165) is 49.9 Å². The Morgan fingerprint density at radius 3 is 2.47 bits per heavy atom. The van der Waals surface area contributed by atoms with Crippen molar-refractivity contribution in [2.24, 2.45) is 0 Å². The molecule has 0 spiro atoms. The summed E-state index contributed by atoms with van der Waals surface area (Å²) in [5.74, 6) is 0. The van der Waals surface area contributed by atoms with Gasteiger partial charge >= 0.3 is 0 Å². The van der Waals surface area contributed by atoms with Gasteiger partial charge in [0.25, 0.3) is 0 Å². The smallest absolute Gasteiger partial charge is 0.0718 e. The molecule has 4 nitrogen and oxygen atoms in total. The summed E-state index contributed by atoms with van der Waals surface area (Å²) < 4.78 is 0. The molecule has 2 heterocycles. The minimum absolute atomic E-state index is 0.615. The Morgan fingerprint density at radius 2 is 1.89 bits per heavy atom. The zero-order valence-electron chi connectivity index (χ0n) is 11.6. The molecule has 0 radical (unpaired) electrons. The first-order valence-corrected chi connectivity index (χ1v) is 7.07. The second-order valence-corrected chi connectivity index (χ2v) is 6.24. The molecule has 0 aliphatic carbocycles. The second-order valence-electron chi connectivity index (χ2n) is 5.83. The molecule has 1 aromatic heterocycles. The predicted octanol–water partition coefficient (Wildman–Crippen LogP) is 1.62. The van der Waals surface area contributed by atoms with Crippen molar-refractivity contribution in [3.05, 3.63) is 29.0 Å². The van der Waals surface area contributed by atoms with Gasteiger partial charge in [0.2, 0.25) is 0 Å². The van der Waals surface area contributed by atoms with Gasteiger partial charge in [0, 0.05) is 51.7 Å². The van der Waals surface area contributed by atoms with Gasteiger partial charge in [0.05, 0.1) is 10.6 Å². The van der Waals surface area contributed by atoms with E-state index in [1.165, 1.54) is 0 Å². The molecule has 1 aromatic rings. The van der Waals surface area contributed by atoms with Gasteiger partial charge in [-0.05, 0) is 25.5 Å². The SMILES string of the molecule is CC(C)(O)CN1CCN(Cc2ccncc2Cl)CC1. The molecule has 1 saturated heterocycles. The normalized spacial score (nSPS) is 18.7. The van der Waals surface area contributed by atoms with Gasteiger partial charge in [0.1, 0.15) is 0 Å². The molecule has 1 fully saturated rings. The fraction of sp³-hybridized carbons (Fsp3) is 0.643. The number of pyridine rings is 1. The number of hydrogen-bond donors (Lipinski definition) is 1. The number of hydrogen-bond acceptors (Lipinski definition) is 4. The van der Waals surface area contributed by atoms with Crippen LogP contribution in [0.4, 0.5) is 0 Å². The minimum atomic E-state index is -0.615.